The summed E-state index contributed by atoms with van der Waals surface area (Å²) in [6.07, 6.45) is 0. The average molecular weight is 308 g/mol. The first kappa shape index (κ1) is 13.3. The highest BCUT2D eigenvalue weighted by Gasteiger charge is 2.13. The molecule has 0 unspecified atom stereocenters. The molecule has 1 aromatic carbocycles. The zero-order chi connectivity index (χ0) is 13.3. The van der Waals surface area contributed by atoms with Crippen LogP contribution in [0.3, 0.4) is 0 Å². The molecule has 2 rings (SSSR count). The number of benzene rings is 1. The van der Waals surface area contributed by atoms with E-state index in [2.05, 4.69) is 57.9 Å². The molecule has 0 saturated carbocycles. The van der Waals surface area contributed by atoms with Crippen LogP contribution in [0.25, 0.3) is 11.3 Å². The molecule has 0 atom stereocenters. The van der Waals surface area contributed by atoms with Crippen molar-refractivity contribution in [2.75, 3.05) is 7.05 Å². The van der Waals surface area contributed by atoms with Crippen LogP contribution in [-0.4, -0.2) is 16.6 Å². The first-order chi connectivity index (χ1) is 8.54. The number of halogens is 1. The molecule has 0 aliphatic carbocycles. The Labute approximate surface area is 116 Å². The average Bonchev–Trinajstić information content (AvgIpc) is 2.62. The maximum atomic E-state index is 4.69. The first-order valence-electron chi connectivity index (χ1n) is 5.98. The smallest absolute Gasteiger partial charge is 0.124 e. The van der Waals surface area contributed by atoms with Gasteiger partial charge in [0.15, 0.2) is 0 Å². The Bertz CT molecular complexity index is 573. The van der Waals surface area contributed by atoms with Crippen molar-refractivity contribution < 1.29 is 0 Å². The minimum atomic E-state index is 0.764. The van der Waals surface area contributed by atoms with E-state index in [1.807, 2.05) is 14.1 Å². The Hall–Kier alpha value is -1.13. The number of aryl methyl sites for hydroxylation is 2. The Morgan fingerprint density at radius 1 is 1.28 bits per heavy atom. The van der Waals surface area contributed by atoms with Crippen LogP contribution in [0.1, 0.15) is 17.0 Å². The molecule has 0 fully saturated rings. The van der Waals surface area contributed by atoms with Gasteiger partial charge in [0, 0.05) is 12.6 Å². The van der Waals surface area contributed by atoms with Crippen LogP contribution >= 0.6 is 15.9 Å². The number of imidazole rings is 1. The summed E-state index contributed by atoms with van der Waals surface area (Å²) in [6, 6.07) is 6.45. The van der Waals surface area contributed by atoms with Gasteiger partial charge in [-0.15, -0.1) is 0 Å². The maximum absolute atomic E-state index is 4.69. The molecule has 18 heavy (non-hydrogen) atoms. The van der Waals surface area contributed by atoms with E-state index in [4.69, 9.17) is 4.98 Å². The molecule has 1 N–H and O–H groups in total. The number of nitrogens with one attached hydrogen (secondary N) is 1. The quantitative estimate of drug-likeness (QED) is 0.944. The zero-order valence-electron chi connectivity index (χ0n) is 11.2. The second kappa shape index (κ2) is 5.24. The molecule has 1 heterocycles. The predicted molar refractivity (Wildman–Crippen MR) is 78.6 cm³/mol. The molecular weight excluding hydrogens is 290 g/mol. The van der Waals surface area contributed by atoms with E-state index in [1.54, 1.807) is 0 Å². The monoisotopic (exact) mass is 307 g/mol. The van der Waals surface area contributed by atoms with Crippen LogP contribution in [0.5, 0.6) is 0 Å². The van der Waals surface area contributed by atoms with E-state index < -0.39 is 0 Å². The van der Waals surface area contributed by atoms with Crippen LogP contribution in [0.4, 0.5) is 0 Å². The van der Waals surface area contributed by atoms with Gasteiger partial charge in [-0.25, -0.2) is 4.98 Å². The predicted octanol–water partition coefficient (Wildman–Crippen LogP) is 3.19. The van der Waals surface area contributed by atoms with E-state index in [9.17, 15) is 0 Å². The molecule has 96 valence electrons. The molecule has 0 radical (unpaired) electrons. The van der Waals surface area contributed by atoms with Crippen LogP contribution in [0.15, 0.2) is 22.8 Å². The van der Waals surface area contributed by atoms with Gasteiger partial charge in [-0.1, -0.05) is 12.1 Å². The third-order valence-corrected chi connectivity index (χ3v) is 4.14. The second-order valence-electron chi connectivity index (χ2n) is 4.56. The van der Waals surface area contributed by atoms with Crippen LogP contribution < -0.4 is 5.32 Å². The fourth-order valence-electron chi connectivity index (χ4n) is 1.91. The topological polar surface area (TPSA) is 29.9 Å². The van der Waals surface area contributed by atoms with E-state index in [0.29, 0.717) is 0 Å². The van der Waals surface area contributed by atoms with Gasteiger partial charge in [0.1, 0.15) is 16.1 Å². The lowest BCUT2D eigenvalue weighted by atomic mass is 10.0. The number of hydrogen-bond acceptors (Lipinski definition) is 2. The third-order valence-electron chi connectivity index (χ3n) is 3.23. The summed E-state index contributed by atoms with van der Waals surface area (Å²) in [5, 5.41) is 3.13. The van der Waals surface area contributed by atoms with E-state index >= 15 is 0 Å². The van der Waals surface area contributed by atoms with Gasteiger partial charge in [-0.2, -0.15) is 0 Å². The molecule has 0 bridgehead atoms. The summed E-state index contributed by atoms with van der Waals surface area (Å²) >= 11 is 3.62. The van der Waals surface area contributed by atoms with E-state index in [-0.39, 0.29) is 0 Å². The first-order valence-corrected chi connectivity index (χ1v) is 6.77. The van der Waals surface area contributed by atoms with Gasteiger partial charge in [-0.3, -0.25) is 0 Å². The van der Waals surface area contributed by atoms with Crippen molar-refractivity contribution >= 4 is 15.9 Å². The van der Waals surface area contributed by atoms with Crippen LogP contribution in [-0.2, 0) is 13.6 Å². The van der Waals surface area contributed by atoms with Gasteiger partial charge < -0.3 is 9.88 Å². The lowest BCUT2D eigenvalue weighted by molar-refractivity contribution is 0.704. The minimum Gasteiger partial charge on any atom is -0.324 e. The summed E-state index contributed by atoms with van der Waals surface area (Å²) in [5.74, 6) is 1.03. The summed E-state index contributed by atoms with van der Waals surface area (Å²) in [4.78, 5) is 4.69. The molecule has 0 aliphatic rings. The van der Waals surface area contributed by atoms with Crippen molar-refractivity contribution in [1.82, 2.24) is 14.9 Å². The summed E-state index contributed by atoms with van der Waals surface area (Å²) in [6.45, 7) is 5.02. The SMILES string of the molecule is CNCc1nc(-c2ccc(C)c(C)c2)c(Br)n1C. The zero-order valence-corrected chi connectivity index (χ0v) is 12.8. The Kier molecular flexibility index (Phi) is 3.88. The van der Waals surface area contributed by atoms with Crippen LogP contribution in [0.2, 0.25) is 0 Å². The summed E-state index contributed by atoms with van der Waals surface area (Å²) in [7, 11) is 3.95. The Morgan fingerprint density at radius 3 is 2.61 bits per heavy atom. The van der Waals surface area contributed by atoms with Crippen molar-refractivity contribution in [1.29, 1.82) is 0 Å². The molecule has 3 nitrogen and oxygen atoms in total. The van der Waals surface area contributed by atoms with Crippen molar-refractivity contribution in [2.24, 2.45) is 7.05 Å². The van der Waals surface area contributed by atoms with Gasteiger partial charge in [-0.05, 0) is 54.0 Å². The molecular formula is C14H18BrN3. The Balaban J connectivity index is 2.50. The molecule has 0 spiro atoms. The highest BCUT2D eigenvalue weighted by Crippen LogP contribution is 2.29. The standard InChI is InChI=1S/C14H18BrN3/c1-9-5-6-11(7-10(9)2)13-14(15)18(4)12(17-13)8-16-3/h5-7,16H,8H2,1-4H3. The van der Waals surface area contributed by atoms with Crippen molar-refractivity contribution in [3.8, 4) is 11.3 Å². The number of nitrogens with zero attached hydrogens (tertiary/aromatic N) is 2. The summed E-state index contributed by atoms with van der Waals surface area (Å²) < 4.78 is 3.09. The fourth-order valence-corrected chi connectivity index (χ4v) is 2.43. The largest absolute Gasteiger partial charge is 0.324 e. The van der Waals surface area contributed by atoms with Gasteiger partial charge in [0.2, 0.25) is 0 Å². The van der Waals surface area contributed by atoms with E-state index in [0.717, 1.165) is 28.2 Å². The lowest BCUT2D eigenvalue weighted by Gasteiger charge is -2.03. The molecule has 0 saturated heterocycles. The molecule has 2 aromatic rings. The minimum absolute atomic E-state index is 0.764. The number of aromatic nitrogens is 2. The number of hydrogen-bond donors (Lipinski definition) is 1. The normalized spacial score (nSPS) is 10.9. The Morgan fingerprint density at radius 2 is 2.00 bits per heavy atom. The van der Waals surface area contributed by atoms with Crippen LogP contribution in [0, 0.1) is 13.8 Å². The molecule has 1 aromatic heterocycles. The third kappa shape index (κ3) is 2.35. The van der Waals surface area contributed by atoms with Crippen molar-refractivity contribution in [3.05, 3.63) is 39.8 Å². The fraction of sp³-hybridized carbons (Fsp3) is 0.357. The van der Waals surface area contributed by atoms with Crippen molar-refractivity contribution in [2.45, 2.75) is 20.4 Å². The molecule has 0 aliphatic heterocycles. The lowest BCUT2D eigenvalue weighted by Crippen LogP contribution is -2.10. The van der Waals surface area contributed by atoms with Gasteiger partial charge in [0.25, 0.3) is 0 Å². The summed E-state index contributed by atoms with van der Waals surface area (Å²) in [5.41, 5.74) is 4.76. The maximum Gasteiger partial charge on any atom is 0.124 e. The molecule has 4 heteroatoms. The van der Waals surface area contributed by atoms with Gasteiger partial charge >= 0.3 is 0 Å². The number of rotatable bonds is 3. The highest BCUT2D eigenvalue weighted by atomic mass is 79.9. The van der Waals surface area contributed by atoms with Crippen molar-refractivity contribution in [3.63, 3.8) is 0 Å². The highest BCUT2D eigenvalue weighted by molar-refractivity contribution is 9.10. The molecule has 0 amide bonds. The van der Waals surface area contributed by atoms with E-state index in [1.165, 1.54) is 11.1 Å². The second-order valence-corrected chi connectivity index (χ2v) is 5.31. The van der Waals surface area contributed by atoms with Gasteiger partial charge in [0.05, 0.1) is 6.54 Å².